The van der Waals surface area contributed by atoms with Gasteiger partial charge in [0.05, 0.1) is 19.2 Å². The molecule has 2 aromatic carbocycles. The highest BCUT2D eigenvalue weighted by molar-refractivity contribution is 6.35. The molecule has 3 aromatic heterocycles. The van der Waals surface area contributed by atoms with Gasteiger partial charge in [0, 0.05) is 66.3 Å². The third-order valence-corrected chi connectivity index (χ3v) is 7.71. The zero-order chi connectivity index (χ0) is 27.8. The molecule has 40 heavy (non-hydrogen) atoms. The SMILES string of the molecule is CCN1CCN(c2ccc(Nc3ncc4cc(-c5cc(OC)cc(OC)c5Cl)c5nc(C)nn5c4n3)cc2)CC1. The lowest BCUT2D eigenvalue weighted by Crippen LogP contribution is -2.46. The second-order valence-electron chi connectivity index (χ2n) is 9.71. The molecular weight excluding hydrogens is 528 g/mol. The van der Waals surface area contributed by atoms with Crippen molar-refractivity contribution in [2.45, 2.75) is 13.8 Å². The van der Waals surface area contributed by atoms with E-state index in [0.29, 0.717) is 39.6 Å². The summed E-state index contributed by atoms with van der Waals surface area (Å²) < 4.78 is 12.7. The summed E-state index contributed by atoms with van der Waals surface area (Å²) in [5.74, 6) is 2.22. The van der Waals surface area contributed by atoms with Crippen LogP contribution in [-0.2, 0) is 0 Å². The van der Waals surface area contributed by atoms with Crippen LogP contribution in [0.2, 0.25) is 5.02 Å². The van der Waals surface area contributed by atoms with Gasteiger partial charge < -0.3 is 24.6 Å². The van der Waals surface area contributed by atoms with E-state index in [9.17, 15) is 0 Å². The molecule has 1 aliphatic heterocycles. The first-order chi connectivity index (χ1) is 19.5. The molecule has 6 rings (SSSR count). The molecule has 11 heteroatoms. The summed E-state index contributed by atoms with van der Waals surface area (Å²) in [6.07, 6.45) is 1.78. The lowest BCUT2D eigenvalue weighted by molar-refractivity contribution is 0.271. The molecule has 0 amide bonds. The molecule has 0 unspecified atom stereocenters. The van der Waals surface area contributed by atoms with Crippen molar-refractivity contribution in [3.8, 4) is 22.6 Å². The predicted octanol–water partition coefficient (Wildman–Crippen LogP) is 5.20. The fourth-order valence-electron chi connectivity index (χ4n) is 5.11. The molecule has 206 valence electrons. The van der Waals surface area contributed by atoms with Crippen LogP contribution in [0.3, 0.4) is 0 Å². The fraction of sp³-hybridized carbons (Fsp3) is 0.310. The number of pyridine rings is 1. The fourth-order valence-corrected chi connectivity index (χ4v) is 5.40. The molecular formula is C29H31ClN8O2. The van der Waals surface area contributed by atoms with E-state index in [1.165, 1.54) is 5.69 Å². The van der Waals surface area contributed by atoms with Crippen LogP contribution < -0.4 is 19.7 Å². The molecule has 1 aliphatic rings. The Bertz CT molecular complexity index is 1680. The summed E-state index contributed by atoms with van der Waals surface area (Å²) in [6.45, 7) is 9.43. The number of anilines is 3. The number of methoxy groups -OCH3 is 2. The Morgan fingerprint density at radius 3 is 2.40 bits per heavy atom. The minimum atomic E-state index is 0.458. The van der Waals surface area contributed by atoms with Gasteiger partial charge in [-0.05, 0) is 49.9 Å². The van der Waals surface area contributed by atoms with Crippen molar-refractivity contribution in [1.29, 1.82) is 0 Å². The normalized spacial score (nSPS) is 14.2. The third kappa shape index (κ3) is 4.84. The number of aromatic nitrogens is 5. The number of nitrogens with zero attached hydrogens (tertiary/aromatic N) is 7. The maximum atomic E-state index is 6.74. The van der Waals surface area contributed by atoms with Crippen molar-refractivity contribution < 1.29 is 9.47 Å². The molecule has 0 atom stereocenters. The quantitative estimate of drug-likeness (QED) is 0.289. The third-order valence-electron chi connectivity index (χ3n) is 7.32. The van der Waals surface area contributed by atoms with Gasteiger partial charge in [-0.15, -0.1) is 5.10 Å². The number of nitrogens with one attached hydrogen (secondary N) is 1. The van der Waals surface area contributed by atoms with Crippen LogP contribution in [0.4, 0.5) is 17.3 Å². The zero-order valence-electron chi connectivity index (χ0n) is 23.0. The van der Waals surface area contributed by atoms with Crippen LogP contribution in [-0.4, -0.2) is 76.4 Å². The molecule has 0 radical (unpaired) electrons. The van der Waals surface area contributed by atoms with Gasteiger partial charge in [-0.3, -0.25) is 0 Å². The van der Waals surface area contributed by atoms with Gasteiger partial charge in [0.15, 0.2) is 11.3 Å². The molecule has 0 saturated carbocycles. The standard InChI is InChI=1S/C29H31ClN8O2/c1-5-36-10-12-37(13-11-36)21-8-6-20(7-9-21)33-29-31-17-19-14-24(28-32-18(2)35-38(28)27(19)34-29)23-15-22(39-3)16-25(40-4)26(23)30/h6-9,14-17H,5,10-13H2,1-4H3,(H,31,33,34). The highest BCUT2D eigenvalue weighted by atomic mass is 35.5. The second kappa shape index (κ2) is 10.8. The molecule has 0 aliphatic carbocycles. The Hall–Kier alpha value is -4.15. The lowest BCUT2D eigenvalue weighted by Gasteiger charge is -2.35. The van der Waals surface area contributed by atoms with Gasteiger partial charge in [-0.1, -0.05) is 18.5 Å². The van der Waals surface area contributed by atoms with Gasteiger partial charge in [0.2, 0.25) is 5.95 Å². The topological polar surface area (TPSA) is 92.9 Å². The van der Waals surface area contributed by atoms with Crippen LogP contribution in [0, 0.1) is 6.92 Å². The minimum Gasteiger partial charge on any atom is -0.497 e. The zero-order valence-corrected chi connectivity index (χ0v) is 23.7. The predicted molar refractivity (Wildman–Crippen MR) is 158 cm³/mol. The molecule has 5 aromatic rings. The minimum absolute atomic E-state index is 0.458. The highest BCUT2D eigenvalue weighted by Crippen LogP contribution is 2.41. The number of hydrogen-bond donors (Lipinski definition) is 1. The Balaban J connectivity index is 1.33. The van der Waals surface area contributed by atoms with E-state index in [-0.39, 0.29) is 0 Å². The largest absolute Gasteiger partial charge is 0.497 e. The maximum Gasteiger partial charge on any atom is 0.229 e. The molecule has 1 N–H and O–H groups in total. The van der Waals surface area contributed by atoms with Crippen molar-refractivity contribution >= 4 is 45.6 Å². The number of halogens is 1. The lowest BCUT2D eigenvalue weighted by atomic mass is 10.0. The Labute approximate surface area is 237 Å². The van der Waals surface area contributed by atoms with E-state index < -0.39 is 0 Å². The van der Waals surface area contributed by atoms with Crippen molar-refractivity contribution in [2.75, 3.05) is 57.2 Å². The number of rotatable bonds is 7. The van der Waals surface area contributed by atoms with E-state index in [0.717, 1.165) is 54.9 Å². The van der Waals surface area contributed by atoms with Gasteiger partial charge in [-0.2, -0.15) is 9.50 Å². The van der Waals surface area contributed by atoms with E-state index in [4.69, 9.17) is 31.0 Å². The number of benzene rings is 2. The first-order valence-electron chi connectivity index (χ1n) is 13.3. The summed E-state index contributed by atoms with van der Waals surface area (Å²) in [6, 6.07) is 14.0. The van der Waals surface area contributed by atoms with Crippen LogP contribution in [0.5, 0.6) is 11.5 Å². The summed E-state index contributed by atoms with van der Waals surface area (Å²) in [7, 11) is 3.18. The second-order valence-corrected chi connectivity index (χ2v) is 10.1. The van der Waals surface area contributed by atoms with E-state index in [1.54, 1.807) is 31.0 Å². The Kier molecular flexibility index (Phi) is 7.03. The number of hydrogen-bond acceptors (Lipinski definition) is 9. The number of ether oxygens (including phenoxy) is 2. The van der Waals surface area contributed by atoms with E-state index >= 15 is 0 Å². The van der Waals surface area contributed by atoms with Crippen LogP contribution in [0.25, 0.3) is 27.8 Å². The van der Waals surface area contributed by atoms with Gasteiger partial charge >= 0.3 is 0 Å². The van der Waals surface area contributed by atoms with Crippen LogP contribution in [0.1, 0.15) is 12.7 Å². The summed E-state index contributed by atoms with van der Waals surface area (Å²) in [5, 5.41) is 9.22. The molecule has 1 saturated heterocycles. The molecule has 0 spiro atoms. The molecule has 0 bridgehead atoms. The van der Waals surface area contributed by atoms with Gasteiger partial charge in [0.25, 0.3) is 0 Å². The smallest absolute Gasteiger partial charge is 0.229 e. The Morgan fingerprint density at radius 1 is 0.925 bits per heavy atom. The van der Waals surface area contributed by atoms with E-state index in [2.05, 4.69) is 56.4 Å². The Morgan fingerprint density at radius 2 is 1.70 bits per heavy atom. The monoisotopic (exact) mass is 558 g/mol. The van der Waals surface area contributed by atoms with Gasteiger partial charge in [-0.25, -0.2) is 9.97 Å². The summed E-state index contributed by atoms with van der Waals surface area (Å²) in [4.78, 5) is 19.0. The first kappa shape index (κ1) is 26.1. The van der Waals surface area contributed by atoms with Crippen molar-refractivity contribution in [3.63, 3.8) is 0 Å². The maximum absolute atomic E-state index is 6.74. The molecule has 10 nitrogen and oxygen atoms in total. The summed E-state index contributed by atoms with van der Waals surface area (Å²) >= 11 is 6.74. The number of aryl methyl sites for hydroxylation is 1. The molecule has 1 fully saturated rings. The van der Waals surface area contributed by atoms with Crippen molar-refractivity contribution in [2.24, 2.45) is 0 Å². The average molecular weight is 559 g/mol. The number of piperazine rings is 1. The van der Waals surface area contributed by atoms with E-state index in [1.807, 2.05) is 19.1 Å². The highest BCUT2D eigenvalue weighted by Gasteiger charge is 2.20. The summed E-state index contributed by atoms with van der Waals surface area (Å²) in [5.41, 5.74) is 4.88. The van der Waals surface area contributed by atoms with Crippen molar-refractivity contribution in [1.82, 2.24) is 29.5 Å². The van der Waals surface area contributed by atoms with Crippen LogP contribution >= 0.6 is 11.6 Å². The van der Waals surface area contributed by atoms with Gasteiger partial charge in [0.1, 0.15) is 17.3 Å². The number of fused-ring (bicyclic) bond motifs is 3. The van der Waals surface area contributed by atoms with Crippen LogP contribution in [0.15, 0.2) is 48.7 Å². The first-order valence-corrected chi connectivity index (χ1v) is 13.6. The molecule has 4 heterocycles. The number of likely N-dealkylation sites (N-methyl/N-ethyl adjacent to an activating group) is 1. The average Bonchev–Trinajstić information content (AvgIpc) is 3.39. The van der Waals surface area contributed by atoms with Crippen molar-refractivity contribution in [3.05, 3.63) is 59.5 Å².